The molecule has 0 saturated heterocycles. The van der Waals surface area contributed by atoms with Gasteiger partial charge >= 0.3 is 0 Å². The molecule has 2 heterocycles. The molecule has 0 aliphatic heterocycles. The number of benzene rings is 2. The Morgan fingerprint density at radius 2 is 1.88 bits per heavy atom. The van der Waals surface area contributed by atoms with Crippen molar-refractivity contribution in [3.05, 3.63) is 93.8 Å². The number of rotatable bonds is 7. The third-order valence-corrected chi connectivity index (χ3v) is 5.37. The van der Waals surface area contributed by atoms with Crippen LogP contribution in [0.2, 0.25) is 0 Å². The molecular weight excluding hydrogens is 440 g/mol. The Morgan fingerprint density at radius 3 is 2.62 bits per heavy atom. The number of nitrogens with zero attached hydrogens (tertiary/aromatic N) is 2. The Kier molecular flexibility index (Phi) is 6.67. The van der Waals surface area contributed by atoms with Gasteiger partial charge in [-0.05, 0) is 54.3 Å². The molecule has 34 heavy (non-hydrogen) atoms. The first-order chi connectivity index (χ1) is 16.4. The second-order valence-electron chi connectivity index (χ2n) is 7.71. The molecule has 2 aromatic carbocycles. The van der Waals surface area contributed by atoms with Crippen LogP contribution < -0.4 is 15.5 Å². The molecule has 2 aromatic heterocycles. The summed E-state index contributed by atoms with van der Waals surface area (Å²) in [6.07, 6.45) is 2.96. The summed E-state index contributed by atoms with van der Waals surface area (Å²) < 4.78 is 34.1. The molecule has 0 radical (unpaired) electrons. The number of aryl methyl sites for hydroxylation is 1. The topological polar surface area (TPSA) is 72.7 Å². The summed E-state index contributed by atoms with van der Waals surface area (Å²) in [6, 6.07) is 12.8. The maximum Gasteiger partial charge on any atom is 0.251 e. The van der Waals surface area contributed by atoms with Crippen molar-refractivity contribution in [3.8, 4) is 22.8 Å². The predicted octanol–water partition coefficient (Wildman–Crippen LogP) is 5.13. The SMILES string of the molecule is CCCNC(=O)c1ccc(CC)c(-c2c(=O)ccn3nc(Oc4ccc(F)cc4F)ccc23)c1. The number of pyridine rings is 1. The Bertz CT molecular complexity index is 1430. The molecule has 6 nitrogen and oxygen atoms in total. The molecular formula is C26H23F2N3O3. The third-order valence-electron chi connectivity index (χ3n) is 5.37. The molecule has 0 saturated carbocycles. The molecule has 4 rings (SSSR count). The largest absolute Gasteiger partial charge is 0.434 e. The van der Waals surface area contributed by atoms with E-state index in [1.807, 2.05) is 19.9 Å². The first-order valence-electron chi connectivity index (χ1n) is 11.0. The molecule has 0 aliphatic rings. The average molecular weight is 463 g/mol. The van der Waals surface area contributed by atoms with Crippen LogP contribution in [0, 0.1) is 11.6 Å². The lowest BCUT2D eigenvalue weighted by Crippen LogP contribution is -2.24. The minimum absolute atomic E-state index is 0.0658. The monoisotopic (exact) mass is 463 g/mol. The fourth-order valence-electron chi connectivity index (χ4n) is 3.67. The summed E-state index contributed by atoms with van der Waals surface area (Å²) in [5, 5.41) is 7.18. The lowest BCUT2D eigenvalue weighted by Gasteiger charge is -2.14. The van der Waals surface area contributed by atoms with Gasteiger partial charge in [-0.2, -0.15) is 0 Å². The second-order valence-corrected chi connectivity index (χ2v) is 7.71. The van der Waals surface area contributed by atoms with Gasteiger partial charge in [-0.25, -0.2) is 13.3 Å². The van der Waals surface area contributed by atoms with Gasteiger partial charge in [0.1, 0.15) is 5.82 Å². The van der Waals surface area contributed by atoms with Crippen LogP contribution in [0.4, 0.5) is 8.78 Å². The summed E-state index contributed by atoms with van der Waals surface area (Å²) in [6.45, 7) is 4.50. The summed E-state index contributed by atoms with van der Waals surface area (Å²) in [4.78, 5) is 25.5. The molecule has 4 aromatic rings. The maximum absolute atomic E-state index is 14.0. The van der Waals surface area contributed by atoms with Gasteiger partial charge in [-0.15, -0.1) is 5.10 Å². The zero-order chi connectivity index (χ0) is 24.2. The zero-order valence-corrected chi connectivity index (χ0v) is 18.8. The van der Waals surface area contributed by atoms with Crippen LogP contribution in [0.15, 0.2) is 65.6 Å². The fraction of sp³-hybridized carbons (Fsp3) is 0.192. The zero-order valence-electron chi connectivity index (χ0n) is 18.8. The van der Waals surface area contributed by atoms with E-state index in [1.165, 1.54) is 28.9 Å². The standard InChI is InChI=1S/C26H23F2N3O3/c1-3-12-29-26(33)17-6-5-16(4-2)19(14-17)25-21-8-10-24(30-31(21)13-11-22(25)32)34-23-9-7-18(27)15-20(23)28/h5-11,13-15H,3-4,12H2,1-2H3,(H,29,33). The third kappa shape index (κ3) is 4.66. The average Bonchev–Trinajstić information content (AvgIpc) is 2.84. The van der Waals surface area contributed by atoms with E-state index in [9.17, 15) is 18.4 Å². The highest BCUT2D eigenvalue weighted by atomic mass is 19.1. The lowest BCUT2D eigenvalue weighted by molar-refractivity contribution is 0.0953. The van der Waals surface area contributed by atoms with Gasteiger partial charge in [0.05, 0.1) is 11.1 Å². The number of nitrogens with one attached hydrogen (secondary N) is 1. The van der Waals surface area contributed by atoms with Crippen LogP contribution in [-0.4, -0.2) is 22.1 Å². The number of aromatic nitrogens is 2. The number of halogens is 2. The fourth-order valence-corrected chi connectivity index (χ4v) is 3.67. The van der Waals surface area contributed by atoms with E-state index in [1.54, 1.807) is 18.2 Å². The minimum Gasteiger partial charge on any atom is -0.434 e. The summed E-state index contributed by atoms with van der Waals surface area (Å²) >= 11 is 0. The number of carbonyl (C=O) groups is 1. The smallest absolute Gasteiger partial charge is 0.251 e. The molecule has 0 unspecified atom stereocenters. The number of carbonyl (C=O) groups excluding carboxylic acids is 1. The normalized spacial score (nSPS) is 10.9. The number of ether oxygens (including phenoxy) is 1. The molecule has 0 aliphatic carbocycles. The molecule has 0 fully saturated rings. The van der Waals surface area contributed by atoms with Gasteiger partial charge < -0.3 is 10.1 Å². The molecule has 0 bridgehead atoms. The van der Waals surface area contributed by atoms with Crippen molar-refractivity contribution >= 4 is 11.4 Å². The summed E-state index contributed by atoms with van der Waals surface area (Å²) in [5.41, 5.74) is 2.69. The van der Waals surface area contributed by atoms with Crippen LogP contribution in [0.1, 0.15) is 36.2 Å². The van der Waals surface area contributed by atoms with Crippen molar-refractivity contribution in [1.82, 2.24) is 14.9 Å². The van der Waals surface area contributed by atoms with Crippen LogP contribution in [-0.2, 0) is 6.42 Å². The Hall–Kier alpha value is -4.07. The van der Waals surface area contributed by atoms with Crippen LogP contribution >= 0.6 is 0 Å². The molecule has 174 valence electrons. The van der Waals surface area contributed by atoms with Gasteiger partial charge in [-0.1, -0.05) is 19.9 Å². The number of amides is 1. The van der Waals surface area contributed by atoms with Crippen molar-refractivity contribution in [2.75, 3.05) is 6.54 Å². The second kappa shape index (κ2) is 9.82. The Labute approximate surface area is 194 Å². The molecule has 0 atom stereocenters. The Balaban J connectivity index is 1.79. The van der Waals surface area contributed by atoms with Crippen LogP contribution in [0.25, 0.3) is 16.6 Å². The van der Waals surface area contributed by atoms with E-state index in [0.29, 0.717) is 35.2 Å². The maximum atomic E-state index is 14.0. The van der Waals surface area contributed by atoms with Gasteiger partial charge in [0.15, 0.2) is 17.0 Å². The molecule has 1 amide bonds. The van der Waals surface area contributed by atoms with Gasteiger partial charge in [0.2, 0.25) is 5.88 Å². The van der Waals surface area contributed by atoms with Crippen LogP contribution in [0.5, 0.6) is 11.6 Å². The van der Waals surface area contributed by atoms with E-state index in [4.69, 9.17) is 4.74 Å². The summed E-state index contributed by atoms with van der Waals surface area (Å²) in [5.74, 6) is -1.88. The lowest BCUT2D eigenvalue weighted by atomic mass is 9.95. The highest BCUT2D eigenvalue weighted by molar-refractivity contribution is 5.96. The molecule has 8 heteroatoms. The van der Waals surface area contributed by atoms with E-state index in [0.717, 1.165) is 24.1 Å². The summed E-state index contributed by atoms with van der Waals surface area (Å²) in [7, 11) is 0. The minimum atomic E-state index is -0.853. The van der Waals surface area contributed by atoms with Gasteiger partial charge in [0, 0.05) is 36.5 Å². The Morgan fingerprint density at radius 1 is 1.06 bits per heavy atom. The van der Waals surface area contributed by atoms with Crippen LogP contribution in [0.3, 0.4) is 0 Å². The number of hydrogen-bond donors (Lipinski definition) is 1. The van der Waals surface area contributed by atoms with E-state index < -0.39 is 11.6 Å². The van der Waals surface area contributed by atoms with Crippen molar-refractivity contribution in [3.63, 3.8) is 0 Å². The molecule has 0 spiro atoms. The van der Waals surface area contributed by atoms with Crippen molar-refractivity contribution < 1.29 is 18.3 Å². The van der Waals surface area contributed by atoms with Crippen molar-refractivity contribution in [2.45, 2.75) is 26.7 Å². The van der Waals surface area contributed by atoms with Gasteiger partial charge in [0.25, 0.3) is 5.91 Å². The first kappa shape index (κ1) is 23.1. The highest BCUT2D eigenvalue weighted by Crippen LogP contribution is 2.29. The number of hydrogen-bond acceptors (Lipinski definition) is 4. The van der Waals surface area contributed by atoms with E-state index in [-0.39, 0.29) is 23.0 Å². The van der Waals surface area contributed by atoms with E-state index >= 15 is 0 Å². The number of fused-ring (bicyclic) bond motifs is 1. The quantitative estimate of drug-likeness (QED) is 0.412. The predicted molar refractivity (Wildman–Crippen MR) is 125 cm³/mol. The highest BCUT2D eigenvalue weighted by Gasteiger charge is 2.16. The van der Waals surface area contributed by atoms with E-state index in [2.05, 4.69) is 10.4 Å². The molecule has 1 N–H and O–H groups in total. The van der Waals surface area contributed by atoms with Crippen molar-refractivity contribution in [2.24, 2.45) is 0 Å². The van der Waals surface area contributed by atoms with Gasteiger partial charge in [-0.3, -0.25) is 9.59 Å². The first-order valence-corrected chi connectivity index (χ1v) is 11.0. The van der Waals surface area contributed by atoms with Crippen molar-refractivity contribution in [1.29, 1.82) is 0 Å².